The van der Waals surface area contributed by atoms with E-state index in [4.69, 9.17) is 4.74 Å². The van der Waals surface area contributed by atoms with Crippen LogP contribution in [0.2, 0.25) is 0 Å². The predicted molar refractivity (Wildman–Crippen MR) is 123 cm³/mol. The van der Waals surface area contributed by atoms with E-state index in [0.717, 1.165) is 35.4 Å². The van der Waals surface area contributed by atoms with Crippen LogP contribution in [-0.4, -0.2) is 21.9 Å². The van der Waals surface area contributed by atoms with E-state index in [1.54, 1.807) is 18.3 Å². The van der Waals surface area contributed by atoms with Crippen LogP contribution in [0.3, 0.4) is 0 Å². The zero-order chi connectivity index (χ0) is 22.5. The van der Waals surface area contributed by atoms with Gasteiger partial charge in [-0.2, -0.15) is 0 Å². The number of ether oxygens (including phenoxy) is 1. The Hall–Kier alpha value is -3.21. The third kappa shape index (κ3) is 5.16. The largest absolute Gasteiger partial charge is 0.490 e. The quantitative estimate of drug-likeness (QED) is 0.461. The lowest BCUT2D eigenvalue weighted by atomic mass is 9.97. The van der Waals surface area contributed by atoms with Gasteiger partial charge >= 0.3 is 0 Å². The number of carbonyl (C=O) groups is 1. The van der Waals surface area contributed by atoms with Crippen LogP contribution >= 0.6 is 0 Å². The van der Waals surface area contributed by atoms with Crippen LogP contribution in [0.1, 0.15) is 55.1 Å². The van der Waals surface area contributed by atoms with Crippen molar-refractivity contribution in [1.29, 1.82) is 0 Å². The van der Waals surface area contributed by atoms with Crippen LogP contribution < -0.4 is 4.74 Å². The Kier molecular flexibility index (Phi) is 6.84. The summed E-state index contributed by atoms with van der Waals surface area (Å²) in [4.78, 5) is 19.8. The van der Waals surface area contributed by atoms with Gasteiger partial charge in [0.25, 0.3) is 0 Å². The third-order valence-corrected chi connectivity index (χ3v) is 5.99. The summed E-state index contributed by atoms with van der Waals surface area (Å²) in [6, 6.07) is 18.4. The van der Waals surface area contributed by atoms with E-state index in [1.807, 2.05) is 29.2 Å². The van der Waals surface area contributed by atoms with Crippen molar-refractivity contribution in [2.75, 3.05) is 0 Å². The molecule has 4 nitrogen and oxygen atoms in total. The van der Waals surface area contributed by atoms with Gasteiger partial charge in [0.15, 0.2) is 0 Å². The molecule has 4 rings (SSSR count). The van der Waals surface area contributed by atoms with Crippen LogP contribution in [0, 0.1) is 5.82 Å². The fraction of sp³-hybridized carbons (Fsp3) is 0.333. The van der Waals surface area contributed by atoms with Gasteiger partial charge in [-0.1, -0.05) is 31.2 Å². The fourth-order valence-electron chi connectivity index (χ4n) is 4.37. The van der Waals surface area contributed by atoms with E-state index in [1.165, 1.54) is 17.7 Å². The average molecular weight is 433 g/mol. The van der Waals surface area contributed by atoms with Crippen molar-refractivity contribution >= 4 is 5.91 Å². The number of hydrogen-bond donors (Lipinski definition) is 0. The summed E-state index contributed by atoms with van der Waals surface area (Å²) in [5.41, 5.74) is 4.13. The molecule has 2 heterocycles. The molecule has 3 aromatic rings. The second-order valence-corrected chi connectivity index (χ2v) is 8.39. The summed E-state index contributed by atoms with van der Waals surface area (Å²) >= 11 is 0. The number of nitrogens with zero attached hydrogens (tertiary/aromatic N) is 2. The molecule has 166 valence electrons. The number of pyridine rings is 1. The molecular formula is C27H29FN2O2. The number of benzene rings is 2. The topological polar surface area (TPSA) is 42.4 Å². The number of halogens is 1. The normalized spacial score (nSPS) is 15.7. The van der Waals surface area contributed by atoms with Crippen LogP contribution in [0.25, 0.3) is 0 Å². The Bertz CT molecular complexity index is 1050. The maximum Gasteiger partial charge on any atom is 0.223 e. The molecule has 0 radical (unpaired) electrons. The van der Waals surface area contributed by atoms with E-state index in [9.17, 15) is 9.18 Å². The highest BCUT2D eigenvalue weighted by atomic mass is 19.1. The van der Waals surface area contributed by atoms with Crippen LogP contribution in [0.15, 0.2) is 66.9 Å². The first-order valence-electron chi connectivity index (χ1n) is 11.3. The molecule has 32 heavy (non-hydrogen) atoms. The van der Waals surface area contributed by atoms with Crippen molar-refractivity contribution in [3.05, 3.63) is 95.1 Å². The van der Waals surface area contributed by atoms with Gasteiger partial charge in [-0.3, -0.25) is 9.78 Å². The minimum Gasteiger partial charge on any atom is -0.490 e. The maximum absolute atomic E-state index is 13.4. The zero-order valence-corrected chi connectivity index (χ0v) is 18.6. The fourth-order valence-corrected chi connectivity index (χ4v) is 4.37. The van der Waals surface area contributed by atoms with Crippen molar-refractivity contribution in [3.63, 3.8) is 0 Å². The van der Waals surface area contributed by atoms with Crippen molar-refractivity contribution in [2.24, 2.45) is 0 Å². The second-order valence-electron chi connectivity index (χ2n) is 8.39. The van der Waals surface area contributed by atoms with E-state index < -0.39 is 0 Å². The smallest absolute Gasteiger partial charge is 0.223 e. The molecule has 0 aliphatic carbocycles. The number of rotatable bonds is 8. The second kappa shape index (κ2) is 9.94. The van der Waals surface area contributed by atoms with Crippen molar-refractivity contribution in [3.8, 4) is 5.75 Å². The molecule has 0 N–H and O–H groups in total. The maximum atomic E-state index is 13.4. The minimum atomic E-state index is -0.266. The molecule has 2 aromatic carbocycles. The Morgan fingerprint density at radius 3 is 2.72 bits per heavy atom. The lowest BCUT2D eigenvalue weighted by Crippen LogP contribution is -2.34. The van der Waals surface area contributed by atoms with Gasteiger partial charge in [-0.25, -0.2) is 4.39 Å². The summed E-state index contributed by atoms with van der Waals surface area (Å²) < 4.78 is 19.1. The molecule has 0 spiro atoms. The molecule has 1 aliphatic heterocycles. The molecule has 2 atom stereocenters. The summed E-state index contributed by atoms with van der Waals surface area (Å²) in [7, 11) is 0. The first kappa shape index (κ1) is 22.0. The summed E-state index contributed by atoms with van der Waals surface area (Å²) in [6.45, 7) is 4.63. The Morgan fingerprint density at radius 1 is 1.19 bits per heavy atom. The molecule has 5 heteroatoms. The van der Waals surface area contributed by atoms with Gasteiger partial charge in [-0.15, -0.1) is 0 Å². The first-order chi connectivity index (χ1) is 15.5. The number of carbonyl (C=O) groups excluding carboxylic acids is 1. The third-order valence-electron chi connectivity index (χ3n) is 5.99. The van der Waals surface area contributed by atoms with Gasteiger partial charge < -0.3 is 9.64 Å². The van der Waals surface area contributed by atoms with Crippen LogP contribution in [0.4, 0.5) is 4.39 Å². The number of aromatic nitrogens is 1. The number of aryl methyl sites for hydroxylation is 1. The summed E-state index contributed by atoms with van der Waals surface area (Å²) in [5.74, 6) is 0.741. The molecular weight excluding hydrogens is 403 g/mol. The van der Waals surface area contributed by atoms with Crippen molar-refractivity contribution < 1.29 is 13.9 Å². The van der Waals surface area contributed by atoms with Gasteiger partial charge in [0.2, 0.25) is 5.91 Å². The van der Waals surface area contributed by atoms with E-state index in [-0.39, 0.29) is 23.9 Å². The lowest BCUT2D eigenvalue weighted by molar-refractivity contribution is -0.134. The Morgan fingerprint density at radius 2 is 2.00 bits per heavy atom. The monoisotopic (exact) mass is 432 g/mol. The number of fused-ring (bicyclic) bond motifs is 1. The molecule has 0 fully saturated rings. The molecule has 1 aromatic heterocycles. The average Bonchev–Trinajstić information content (AvgIpc) is 3.18. The standard InChI is InChI=1S/C27H29FN2O2/c1-3-25(21-10-13-26-22(17-21)16-19(2)32-26)30(18-24-6-4-5-15-29-24)27(31)14-9-20-7-11-23(28)12-8-20/h4-8,10-13,15,17,19,25H,3,9,14,16,18H2,1-2H3. The molecule has 0 bridgehead atoms. The van der Waals surface area contributed by atoms with E-state index >= 15 is 0 Å². The van der Waals surface area contributed by atoms with Crippen LogP contribution in [-0.2, 0) is 24.2 Å². The van der Waals surface area contributed by atoms with Gasteiger partial charge in [0.05, 0.1) is 18.3 Å². The van der Waals surface area contributed by atoms with Crippen molar-refractivity contribution in [1.82, 2.24) is 9.88 Å². The highest BCUT2D eigenvalue weighted by Crippen LogP contribution is 2.34. The van der Waals surface area contributed by atoms with Crippen molar-refractivity contribution in [2.45, 2.75) is 58.2 Å². The minimum absolute atomic E-state index is 0.0565. The molecule has 2 unspecified atom stereocenters. The first-order valence-corrected chi connectivity index (χ1v) is 11.3. The molecule has 1 amide bonds. The Labute approximate surface area is 189 Å². The van der Waals surface area contributed by atoms with E-state index in [2.05, 4.69) is 31.0 Å². The van der Waals surface area contributed by atoms with Gasteiger partial charge in [0, 0.05) is 19.0 Å². The zero-order valence-electron chi connectivity index (χ0n) is 18.6. The van der Waals surface area contributed by atoms with E-state index in [0.29, 0.717) is 19.4 Å². The highest BCUT2D eigenvalue weighted by Gasteiger charge is 2.27. The molecule has 0 saturated carbocycles. The molecule has 0 saturated heterocycles. The highest BCUT2D eigenvalue weighted by molar-refractivity contribution is 5.77. The van der Waals surface area contributed by atoms with Gasteiger partial charge in [-0.05, 0) is 72.9 Å². The summed E-state index contributed by atoms with van der Waals surface area (Å²) in [6.07, 6.45) is 4.56. The SMILES string of the molecule is CCC(c1ccc2c(c1)CC(C)O2)N(Cc1ccccn1)C(=O)CCc1ccc(F)cc1. The number of hydrogen-bond acceptors (Lipinski definition) is 3. The summed E-state index contributed by atoms with van der Waals surface area (Å²) in [5, 5.41) is 0. The molecule has 1 aliphatic rings. The lowest BCUT2D eigenvalue weighted by Gasteiger charge is -2.32. The van der Waals surface area contributed by atoms with Gasteiger partial charge in [0.1, 0.15) is 17.7 Å². The van der Waals surface area contributed by atoms with Crippen LogP contribution in [0.5, 0.6) is 5.75 Å². The predicted octanol–water partition coefficient (Wildman–Crippen LogP) is 5.66. The number of amides is 1. The Balaban J connectivity index is 1.58.